The quantitative estimate of drug-likeness (QED) is 0.908. The molecule has 0 unspecified atom stereocenters. The van der Waals surface area contributed by atoms with Crippen molar-refractivity contribution in [2.45, 2.75) is 20.0 Å². The van der Waals surface area contributed by atoms with Crippen LogP contribution >= 0.6 is 15.9 Å². The first-order valence-electron chi connectivity index (χ1n) is 6.36. The van der Waals surface area contributed by atoms with Gasteiger partial charge in [0.05, 0.1) is 4.47 Å². The van der Waals surface area contributed by atoms with Crippen LogP contribution < -0.4 is 10.5 Å². The van der Waals surface area contributed by atoms with E-state index in [0.29, 0.717) is 13.2 Å². The van der Waals surface area contributed by atoms with Crippen LogP contribution in [0, 0.1) is 6.92 Å². The molecule has 2 aromatic carbocycles. The molecule has 0 aliphatic rings. The molecule has 2 nitrogen and oxygen atoms in total. The van der Waals surface area contributed by atoms with E-state index in [2.05, 4.69) is 59.3 Å². The van der Waals surface area contributed by atoms with Crippen LogP contribution in [0.5, 0.6) is 5.75 Å². The van der Waals surface area contributed by atoms with Gasteiger partial charge in [0.15, 0.2) is 0 Å². The van der Waals surface area contributed by atoms with E-state index in [1.165, 1.54) is 16.7 Å². The van der Waals surface area contributed by atoms with E-state index in [4.69, 9.17) is 10.5 Å². The number of nitrogens with two attached hydrogens (primary N) is 1. The molecule has 2 aromatic rings. The van der Waals surface area contributed by atoms with E-state index >= 15 is 0 Å². The first-order valence-corrected chi connectivity index (χ1v) is 7.15. The molecule has 0 heterocycles. The average Bonchev–Trinajstić information content (AvgIpc) is 2.40. The number of benzene rings is 2. The lowest BCUT2D eigenvalue weighted by molar-refractivity contribution is 0.304. The second kappa shape index (κ2) is 6.73. The zero-order valence-corrected chi connectivity index (χ0v) is 12.6. The fourth-order valence-electron chi connectivity index (χ4n) is 1.83. The topological polar surface area (TPSA) is 35.2 Å². The smallest absolute Gasteiger partial charge is 0.134 e. The molecule has 19 heavy (non-hydrogen) atoms. The summed E-state index contributed by atoms with van der Waals surface area (Å²) < 4.78 is 6.80. The van der Waals surface area contributed by atoms with Crippen molar-refractivity contribution in [3.05, 3.63) is 63.6 Å². The van der Waals surface area contributed by atoms with Crippen LogP contribution in [0.1, 0.15) is 16.7 Å². The van der Waals surface area contributed by atoms with Gasteiger partial charge < -0.3 is 10.5 Å². The fourth-order valence-corrected chi connectivity index (χ4v) is 2.37. The monoisotopic (exact) mass is 319 g/mol. The molecule has 2 rings (SSSR count). The highest BCUT2D eigenvalue weighted by Gasteiger charge is 2.03. The predicted octanol–water partition coefficient (Wildman–Crippen LogP) is 3.84. The minimum atomic E-state index is 0.578. The maximum Gasteiger partial charge on any atom is 0.134 e. The molecule has 0 aliphatic carbocycles. The molecule has 0 amide bonds. The van der Waals surface area contributed by atoms with Gasteiger partial charge in [-0.1, -0.05) is 35.9 Å². The lowest BCUT2D eigenvalue weighted by atomic mass is 10.1. The predicted molar refractivity (Wildman–Crippen MR) is 82.4 cm³/mol. The van der Waals surface area contributed by atoms with Crippen molar-refractivity contribution in [1.29, 1.82) is 0 Å². The first-order chi connectivity index (χ1) is 9.19. The van der Waals surface area contributed by atoms with Crippen LogP contribution in [-0.2, 0) is 13.0 Å². The minimum absolute atomic E-state index is 0.578. The summed E-state index contributed by atoms with van der Waals surface area (Å²) in [5.41, 5.74) is 9.20. The highest BCUT2D eigenvalue weighted by Crippen LogP contribution is 2.27. The molecule has 0 bridgehead atoms. The molecule has 0 saturated heterocycles. The van der Waals surface area contributed by atoms with E-state index < -0.39 is 0 Å². The molecular formula is C16H18BrNO. The van der Waals surface area contributed by atoms with E-state index in [-0.39, 0.29) is 0 Å². The summed E-state index contributed by atoms with van der Waals surface area (Å²) in [5, 5.41) is 0. The minimum Gasteiger partial charge on any atom is -0.488 e. The van der Waals surface area contributed by atoms with Crippen molar-refractivity contribution in [2.75, 3.05) is 6.54 Å². The Morgan fingerprint density at radius 2 is 1.74 bits per heavy atom. The Morgan fingerprint density at radius 1 is 1.05 bits per heavy atom. The third-order valence-corrected chi connectivity index (χ3v) is 3.56. The number of rotatable bonds is 5. The summed E-state index contributed by atoms with van der Waals surface area (Å²) in [4.78, 5) is 0. The van der Waals surface area contributed by atoms with Crippen LogP contribution in [0.25, 0.3) is 0 Å². The second-order valence-electron chi connectivity index (χ2n) is 4.58. The third-order valence-electron chi connectivity index (χ3n) is 2.94. The fraction of sp³-hybridized carbons (Fsp3) is 0.250. The third kappa shape index (κ3) is 4.08. The highest BCUT2D eigenvalue weighted by atomic mass is 79.9. The first kappa shape index (κ1) is 14.1. The van der Waals surface area contributed by atoms with E-state index in [1.54, 1.807) is 0 Å². The van der Waals surface area contributed by atoms with Crippen LogP contribution in [0.15, 0.2) is 46.9 Å². The number of halogens is 1. The molecule has 0 radical (unpaired) electrons. The van der Waals surface area contributed by atoms with Crippen molar-refractivity contribution >= 4 is 15.9 Å². The summed E-state index contributed by atoms with van der Waals surface area (Å²) in [5.74, 6) is 0.862. The van der Waals surface area contributed by atoms with Crippen molar-refractivity contribution < 1.29 is 4.74 Å². The van der Waals surface area contributed by atoms with Gasteiger partial charge in [-0.25, -0.2) is 0 Å². The van der Waals surface area contributed by atoms with Gasteiger partial charge in [-0.3, -0.25) is 0 Å². The van der Waals surface area contributed by atoms with E-state index in [9.17, 15) is 0 Å². The van der Waals surface area contributed by atoms with Gasteiger partial charge in [0.1, 0.15) is 12.4 Å². The molecule has 0 spiro atoms. The molecule has 2 N–H and O–H groups in total. The van der Waals surface area contributed by atoms with Gasteiger partial charge in [-0.2, -0.15) is 0 Å². The second-order valence-corrected chi connectivity index (χ2v) is 5.43. The van der Waals surface area contributed by atoms with Crippen molar-refractivity contribution in [3.63, 3.8) is 0 Å². The zero-order chi connectivity index (χ0) is 13.7. The Hall–Kier alpha value is -1.32. The Balaban J connectivity index is 2.01. The molecular weight excluding hydrogens is 302 g/mol. The summed E-state index contributed by atoms with van der Waals surface area (Å²) in [7, 11) is 0. The number of hydrogen-bond acceptors (Lipinski definition) is 2. The number of ether oxygens (including phenoxy) is 1. The van der Waals surface area contributed by atoms with Gasteiger partial charge in [-0.05, 0) is 59.1 Å². The van der Waals surface area contributed by atoms with Crippen LogP contribution in [0.4, 0.5) is 0 Å². The van der Waals surface area contributed by atoms with Gasteiger partial charge in [0.25, 0.3) is 0 Å². The Kier molecular flexibility index (Phi) is 5.00. The van der Waals surface area contributed by atoms with Crippen molar-refractivity contribution in [1.82, 2.24) is 0 Å². The lowest BCUT2D eigenvalue weighted by Crippen LogP contribution is -2.03. The molecule has 100 valence electrons. The molecule has 3 heteroatoms. The molecule has 0 aromatic heterocycles. The number of aryl methyl sites for hydroxylation is 1. The molecule has 0 fully saturated rings. The Morgan fingerprint density at radius 3 is 2.37 bits per heavy atom. The normalized spacial score (nSPS) is 10.5. The van der Waals surface area contributed by atoms with Gasteiger partial charge in [0, 0.05) is 0 Å². The Labute approximate surface area is 122 Å². The van der Waals surface area contributed by atoms with E-state index in [1.807, 2.05) is 6.07 Å². The molecule has 0 atom stereocenters. The van der Waals surface area contributed by atoms with Gasteiger partial charge in [-0.15, -0.1) is 0 Å². The number of hydrogen-bond donors (Lipinski definition) is 1. The van der Waals surface area contributed by atoms with Crippen LogP contribution in [0.2, 0.25) is 0 Å². The van der Waals surface area contributed by atoms with Gasteiger partial charge in [0.2, 0.25) is 0 Å². The Bertz CT molecular complexity index is 537. The lowest BCUT2D eigenvalue weighted by Gasteiger charge is -2.10. The SMILES string of the molecule is Cc1ccc(COc2ccc(CCN)cc2Br)cc1. The van der Waals surface area contributed by atoms with Gasteiger partial charge >= 0.3 is 0 Å². The molecule has 0 aliphatic heterocycles. The maximum absolute atomic E-state index is 5.82. The zero-order valence-electron chi connectivity index (χ0n) is 11.0. The largest absolute Gasteiger partial charge is 0.488 e. The summed E-state index contributed by atoms with van der Waals surface area (Å²) in [6, 6.07) is 14.5. The van der Waals surface area contributed by atoms with E-state index in [0.717, 1.165) is 16.6 Å². The van der Waals surface area contributed by atoms with Crippen LogP contribution in [0.3, 0.4) is 0 Å². The van der Waals surface area contributed by atoms with Crippen molar-refractivity contribution in [2.24, 2.45) is 5.73 Å². The molecule has 0 saturated carbocycles. The maximum atomic E-state index is 5.82. The standard InChI is InChI=1S/C16H18BrNO/c1-12-2-4-14(5-3-12)11-19-16-7-6-13(8-9-18)10-15(16)17/h2-7,10H,8-9,11,18H2,1H3. The van der Waals surface area contributed by atoms with Crippen molar-refractivity contribution in [3.8, 4) is 5.75 Å². The summed E-state index contributed by atoms with van der Waals surface area (Å²) in [6.07, 6.45) is 0.886. The highest BCUT2D eigenvalue weighted by molar-refractivity contribution is 9.10. The average molecular weight is 320 g/mol. The summed E-state index contributed by atoms with van der Waals surface area (Å²) >= 11 is 3.54. The van der Waals surface area contributed by atoms with Crippen LogP contribution in [-0.4, -0.2) is 6.54 Å². The summed E-state index contributed by atoms with van der Waals surface area (Å²) in [6.45, 7) is 3.32.